The van der Waals surface area contributed by atoms with Gasteiger partial charge in [-0.05, 0) is 55.7 Å². The van der Waals surface area contributed by atoms with Crippen molar-refractivity contribution < 1.29 is 13.9 Å². The van der Waals surface area contributed by atoms with Gasteiger partial charge in [0.05, 0.1) is 5.69 Å². The number of carbonyl (C=O) groups excluding carboxylic acids is 1. The van der Waals surface area contributed by atoms with Gasteiger partial charge in [-0.15, -0.1) is 0 Å². The van der Waals surface area contributed by atoms with Crippen molar-refractivity contribution in [2.75, 3.05) is 5.32 Å². The number of benzene rings is 2. The number of hydrogen-bond acceptors (Lipinski definition) is 2. The van der Waals surface area contributed by atoms with Gasteiger partial charge in [-0.3, -0.25) is 4.79 Å². The van der Waals surface area contributed by atoms with Crippen molar-refractivity contribution in [3.05, 3.63) is 58.4 Å². The molecule has 0 saturated carbocycles. The minimum absolute atomic E-state index is 0.0648. The zero-order valence-electron chi connectivity index (χ0n) is 14.0. The van der Waals surface area contributed by atoms with Crippen LogP contribution in [-0.4, -0.2) is 5.91 Å². The van der Waals surface area contributed by atoms with Crippen LogP contribution in [-0.2, 0) is 11.4 Å². The Morgan fingerprint density at radius 2 is 1.83 bits per heavy atom. The van der Waals surface area contributed by atoms with Gasteiger partial charge in [-0.25, -0.2) is 4.39 Å². The molecule has 122 valence electrons. The summed E-state index contributed by atoms with van der Waals surface area (Å²) in [5, 5.41) is 2.71. The van der Waals surface area contributed by atoms with Crippen molar-refractivity contribution in [3.8, 4) is 5.75 Å². The number of anilines is 1. The molecular weight excluding hydrogens is 293 g/mol. The maximum Gasteiger partial charge on any atom is 0.224 e. The predicted octanol–water partition coefficient (Wildman–Crippen LogP) is 4.68. The number of amides is 1. The Hall–Kier alpha value is -2.36. The van der Waals surface area contributed by atoms with Gasteiger partial charge in [0.2, 0.25) is 5.91 Å². The molecule has 1 N–H and O–H groups in total. The van der Waals surface area contributed by atoms with Crippen LogP contribution in [0.25, 0.3) is 0 Å². The summed E-state index contributed by atoms with van der Waals surface area (Å²) in [6.45, 7) is 7.83. The van der Waals surface area contributed by atoms with Gasteiger partial charge in [0.15, 0.2) is 0 Å². The van der Waals surface area contributed by atoms with Crippen LogP contribution in [0, 0.1) is 26.6 Å². The summed E-state index contributed by atoms with van der Waals surface area (Å²) >= 11 is 0. The summed E-state index contributed by atoms with van der Waals surface area (Å²) in [5.74, 6) is 0.184. The molecule has 2 rings (SSSR count). The highest BCUT2D eigenvalue weighted by Gasteiger charge is 2.12. The van der Waals surface area contributed by atoms with Crippen LogP contribution < -0.4 is 10.1 Å². The second kappa shape index (κ2) is 7.27. The molecule has 1 amide bonds. The highest BCUT2D eigenvalue weighted by atomic mass is 19.1. The van der Waals surface area contributed by atoms with Crippen LogP contribution in [0.15, 0.2) is 30.3 Å². The number of nitrogens with one attached hydrogen (secondary N) is 1. The van der Waals surface area contributed by atoms with Gasteiger partial charge >= 0.3 is 0 Å². The number of aryl methyl sites for hydroxylation is 3. The van der Waals surface area contributed by atoms with E-state index in [9.17, 15) is 9.18 Å². The van der Waals surface area contributed by atoms with E-state index in [1.54, 1.807) is 19.1 Å². The lowest BCUT2D eigenvalue weighted by atomic mass is 10.1. The molecule has 0 aliphatic carbocycles. The Balaban J connectivity index is 2.23. The molecule has 0 bridgehead atoms. The van der Waals surface area contributed by atoms with Crippen LogP contribution >= 0.6 is 0 Å². The minimum Gasteiger partial charge on any atom is -0.488 e. The van der Waals surface area contributed by atoms with E-state index in [4.69, 9.17) is 4.74 Å². The Morgan fingerprint density at radius 1 is 1.13 bits per heavy atom. The maximum atomic E-state index is 14.1. The molecular formula is C19H22FNO2. The van der Waals surface area contributed by atoms with E-state index >= 15 is 0 Å². The third-order valence-corrected chi connectivity index (χ3v) is 3.88. The smallest absolute Gasteiger partial charge is 0.224 e. The fraction of sp³-hybridized carbons (Fsp3) is 0.316. The van der Waals surface area contributed by atoms with Crippen LogP contribution in [0.4, 0.5) is 10.1 Å². The van der Waals surface area contributed by atoms with Crippen LogP contribution in [0.5, 0.6) is 5.75 Å². The van der Waals surface area contributed by atoms with Crippen molar-refractivity contribution in [2.45, 2.75) is 40.7 Å². The largest absolute Gasteiger partial charge is 0.488 e. The third-order valence-electron chi connectivity index (χ3n) is 3.88. The number of ether oxygens (including phenoxy) is 1. The minimum atomic E-state index is -0.389. The molecule has 0 aliphatic heterocycles. The predicted molar refractivity (Wildman–Crippen MR) is 90.3 cm³/mol. The quantitative estimate of drug-likeness (QED) is 0.870. The van der Waals surface area contributed by atoms with E-state index in [0.29, 0.717) is 17.7 Å². The second-order valence-corrected chi connectivity index (χ2v) is 5.66. The van der Waals surface area contributed by atoms with Gasteiger partial charge in [-0.1, -0.05) is 19.1 Å². The van der Waals surface area contributed by atoms with Gasteiger partial charge in [0.1, 0.15) is 18.2 Å². The van der Waals surface area contributed by atoms with E-state index in [0.717, 1.165) is 16.9 Å². The summed E-state index contributed by atoms with van der Waals surface area (Å²) < 4.78 is 19.9. The van der Waals surface area contributed by atoms with E-state index in [1.165, 1.54) is 11.6 Å². The van der Waals surface area contributed by atoms with E-state index in [1.807, 2.05) is 32.9 Å². The first-order valence-electron chi connectivity index (χ1n) is 7.70. The number of rotatable bonds is 5. The van der Waals surface area contributed by atoms with Crippen molar-refractivity contribution in [2.24, 2.45) is 0 Å². The maximum absolute atomic E-state index is 14.1. The van der Waals surface area contributed by atoms with Crippen molar-refractivity contribution in [1.29, 1.82) is 0 Å². The molecule has 0 atom stereocenters. The number of halogens is 1. The van der Waals surface area contributed by atoms with Crippen LogP contribution in [0.1, 0.15) is 35.6 Å². The van der Waals surface area contributed by atoms with Crippen molar-refractivity contribution in [3.63, 3.8) is 0 Å². The summed E-state index contributed by atoms with van der Waals surface area (Å²) in [7, 11) is 0. The summed E-state index contributed by atoms with van der Waals surface area (Å²) in [6.07, 6.45) is 0.340. The Morgan fingerprint density at radius 3 is 2.52 bits per heavy atom. The first-order chi connectivity index (χ1) is 10.9. The zero-order valence-corrected chi connectivity index (χ0v) is 14.0. The number of hydrogen-bond donors (Lipinski definition) is 1. The Kier molecular flexibility index (Phi) is 5.37. The van der Waals surface area contributed by atoms with Gasteiger partial charge in [0.25, 0.3) is 0 Å². The summed E-state index contributed by atoms with van der Waals surface area (Å²) in [6, 6.07) is 8.63. The fourth-order valence-corrected chi connectivity index (χ4v) is 2.30. The Bertz CT molecular complexity index is 726. The molecule has 4 heteroatoms. The molecule has 0 heterocycles. The molecule has 0 fully saturated rings. The normalized spacial score (nSPS) is 10.5. The van der Waals surface area contributed by atoms with Gasteiger partial charge < -0.3 is 10.1 Å². The van der Waals surface area contributed by atoms with Gasteiger partial charge in [0, 0.05) is 12.0 Å². The molecule has 0 unspecified atom stereocenters. The molecule has 3 nitrogen and oxygen atoms in total. The first-order valence-corrected chi connectivity index (χ1v) is 7.70. The molecule has 2 aromatic rings. The van der Waals surface area contributed by atoms with Gasteiger partial charge in [-0.2, -0.15) is 0 Å². The molecule has 0 aliphatic rings. The second-order valence-electron chi connectivity index (χ2n) is 5.66. The lowest BCUT2D eigenvalue weighted by molar-refractivity contribution is -0.115. The highest BCUT2D eigenvalue weighted by molar-refractivity contribution is 5.91. The number of carbonyl (C=O) groups is 1. The topological polar surface area (TPSA) is 38.3 Å². The molecule has 2 aromatic carbocycles. The average Bonchev–Trinajstić information content (AvgIpc) is 2.51. The molecule has 0 spiro atoms. The van der Waals surface area contributed by atoms with Crippen LogP contribution in [0.3, 0.4) is 0 Å². The summed E-state index contributed by atoms with van der Waals surface area (Å²) in [4.78, 5) is 11.6. The monoisotopic (exact) mass is 315 g/mol. The SMILES string of the molecule is CCC(=O)Nc1cccc(F)c1COc1cc(C)c(C)cc1C. The highest BCUT2D eigenvalue weighted by Crippen LogP contribution is 2.26. The van der Waals surface area contributed by atoms with Crippen LogP contribution in [0.2, 0.25) is 0 Å². The molecule has 23 heavy (non-hydrogen) atoms. The molecule has 0 radical (unpaired) electrons. The van der Waals surface area contributed by atoms with E-state index in [-0.39, 0.29) is 18.3 Å². The zero-order chi connectivity index (χ0) is 17.0. The standard InChI is InChI=1S/C19H22FNO2/c1-5-19(22)21-17-8-6-7-16(20)15(17)11-23-18-10-13(3)12(2)9-14(18)4/h6-10H,5,11H2,1-4H3,(H,21,22). The van der Waals surface area contributed by atoms with Crippen molar-refractivity contribution >= 4 is 11.6 Å². The molecule has 0 saturated heterocycles. The van der Waals surface area contributed by atoms with Crippen molar-refractivity contribution in [1.82, 2.24) is 0 Å². The lowest BCUT2D eigenvalue weighted by Gasteiger charge is -2.15. The van der Waals surface area contributed by atoms with E-state index in [2.05, 4.69) is 5.32 Å². The third kappa shape index (κ3) is 4.09. The van der Waals surface area contributed by atoms with E-state index < -0.39 is 0 Å². The Labute approximate surface area is 136 Å². The first kappa shape index (κ1) is 17.0. The average molecular weight is 315 g/mol. The summed E-state index contributed by atoms with van der Waals surface area (Å²) in [5.41, 5.74) is 4.13. The fourth-order valence-electron chi connectivity index (χ4n) is 2.30. The molecule has 0 aromatic heterocycles. The lowest BCUT2D eigenvalue weighted by Crippen LogP contribution is -2.13.